The SMILES string of the molecule is C1CCC(CN2CCC2)NC1. The average Bonchev–Trinajstić information content (AvgIpc) is 1.99. The molecule has 2 heterocycles. The summed E-state index contributed by atoms with van der Waals surface area (Å²) >= 11 is 0. The lowest BCUT2D eigenvalue weighted by atomic mass is 10.0. The van der Waals surface area contributed by atoms with Gasteiger partial charge in [-0.3, -0.25) is 0 Å². The highest BCUT2D eigenvalue weighted by Gasteiger charge is 2.19. The number of piperidine rings is 1. The van der Waals surface area contributed by atoms with Gasteiger partial charge in [-0.15, -0.1) is 0 Å². The van der Waals surface area contributed by atoms with Crippen molar-refractivity contribution in [3.8, 4) is 0 Å². The van der Waals surface area contributed by atoms with Gasteiger partial charge < -0.3 is 10.2 Å². The van der Waals surface area contributed by atoms with Crippen molar-refractivity contribution in [2.75, 3.05) is 26.2 Å². The van der Waals surface area contributed by atoms with E-state index in [1.807, 2.05) is 0 Å². The Kier molecular flexibility index (Phi) is 2.44. The minimum absolute atomic E-state index is 0.809. The van der Waals surface area contributed by atoms with Crippen LogP contribution in [0.1, 0.15) is 25.7 Å². The summed E-state index contributed by atoms with van der Waals surface area (Å²) in [5.41, 5.74) is 0. The molecule has 2 aliphatic heterocycles. The quantitative estimate of drug-likeness (QED) is 0.634. The molecule has 2 nitrogen and oxygen atoms in total. The molecule has 1 N–H and O–H groups in total. The Morgan fingerprint density at radius 2 is 2.09 bits per heavy atom. The van der Waals surface area contributed by atoms with E-state index in [2.05, 4.69) is 10.2 Å². The van der Waals surface area contributed by atoms with Crippen molar-refractivity contribution in [2.45, 2.75) is 31.7 Å². The molecule has 0 aromatic heterocycles. The van der Waals surface area contributed by atoms with Gasteiger partial charge in [0.15, 0.2) is 0 Å². The number of likely N-dealkylation sites (tertiary alicyclic amines) is 1. The molecule has 0 bridgehead atoms. The minimum Gasteiger partial charge on any atom is -0.313 e. The molecule has 0 saturated carbocycles. The normalized spacial score (nSPS) is 33.3. The van der Waals surface area contributed by atoms with Gasteiger partial charge in [-0.2, -0.15) is 0 Å². The molecule has 11 heavy (non-hydrogen) atoms. The van der Waals surface area contributed by atoms with Crippen LogP contribution in [0.3, 0.4) is 0 Å². The van der Waals surface area contributed by atoms with E-state index in [9.17, 15) is 0 Å². The van der Waals surface area contributed by atoms with Gasteiger partial charge in [0.05, 0.1) is 0 Å². The van der Waals surface area contributed by atoms with Crippen LogP contribution >= 0.6 is 0 Å². The van der Waals surface area contributed by atoms with Crippen molar-refractivity contribution in [3.05, 3.63) is 0 Å². The van der Waals surface area contributed by atoms with Crippen LogP contribution in [0.2, 0.25) is 0 Å². The van der Waals surface area contributed by atoms with Crippen LogP contribution < -0.4 is 5.32 Å². The Morgan fingerprint density at radius 3 is 2.64 bits per heavy atom. The van der Waals surface area contributed by atoms with Crippen molar-refractivity contribution in [1.82, 2.24) is 10.2 Å². The smallest absolute Gasteiger partial charge is 0.0195 e. The van der Waals surface area contributed by atoms with E-state index in [-0.39, 0.29) is 0 Å². The Bertz CT molecular complexity index is 115. The highest BCUT2D eigenvalue weighted by molar-refractivity contribution is 4.79. The largest absolute Gasteiger partial charge is 0.313 e. The standard InChI is InChI=1S/C9H18N2/c1-2-5-10-9(4-1)8-11-6-3-7-11/h9-10H,1-8H2. The molecule has 0 radical (unpaired) electrons. The number of hydrogen-bond donors (Lipinski definition) is 1. The molecule has 64 valence electrons. The minimum atomic E-state index is 0.809. The van der Waals surface area contributed by atoms with E-state index in [1.54, 1.807) is 0 Å². The molecule has 0 spiro atoms. The molecule has 1 atom stereocenters. The van der Waals surface area contributed by atoms with E-state index in [0.717, 1.165) is 6.04 Å². The van der Waals surface area contributed by atoms with Gasteiger partial charge in [-0.1, -0.05) is 6.42 Å². The van der Waals surface area contributed by atoms with Crippen molar-refractivity contribution in [3.63, 3.8) is 0 Å². The predicted octanol–water partition coefficient (Wildman–Crippen LogP) is 0.834. The van der Waals surface area contributed by atoms with Gasteiger partial charge in [0.1, 0.15) is 0 Å². The van der Waals surface area contributed by atoms with E-state index in [0.29, 0.717) is 0 Å². The average molecular weight is 154 g/mol. The first-order chi connectivity index (χ1) is 5.45. The summed E-state index contributed by atoms with van der Waals surface area (Å²) < 4.78 is 0. The van der Waals surface area contributed by atoms with Gasteiger partial charge in [0, 0.05) is 12.6 Å². The fourth-order valence-electron chi connectivity index (χ4n) is 1.96. The number of nitrogens with one attached hydrogen (secondary N) is 1. The zero-order chi connectivity index (χ0) is 7.52. The lowest BCUT2D eigenvalue weighted by Gasteiger charge is -2.35. The molecule has 2 aliphatic rings. The molecule has 2 rings (SSSR count). The third-order valence-electron chi connectivity index (χ3n) is 2.84. The van der Waals surface area contributed by atoms with Gasteiger partial charge in [-0.05, 0) is 38.9 Å². The van der Waals surface area contributed by atoms with Gasteiger partial charge >= 0.3 is 0 Å². The maximum Gasteiger partial charge on any atom is 0.0195 e. The van der Waals surface area contributed by atoms with Gasteiger partial charge in [0.2, 0.25) is 0 Å². The maximum atomic E-state index is 3.58. The van der Waals surface area contributed by atoms with Crippen LogP contribution in [-0.4, -0.2) is 37.1 Å². The topological polar surface area (TPSA) is 15.3 Å². The second kappa shape index (κ2) is 3.55. The third kappa shape index (κ3) is 1.94. The summed E-state index contributed by atoms with van der Waals surface area (Å²) in [4.78, 5) is 2.56. The highest BCUT2D eigenvalue weighted by atomic mass is 15.2. The third-order valence-corrected chi connectivity index (χ3v) is 2.84. The van der Waals surface area contributed by atoms with Crippen LogP contribution in [-0.2, 0) is 0 Å². The molecule has 2 saturated heterocycles. The Labute approximate surface area is 69.0 Å². The van der Waals surface area contributed by atoms with Crippen LogP contribution in [0.25, 0.3) is 0 Å². The van der Waals surface area contributed by atoms with Crippen LogP contribution in [0, 0.1) is 0 Å². The van der Waals surface area contributed by atoms with E-state index in [1.165, 1.54) is 51.9 Å². The van der Waals surface area contributed by atoms with E-state index < -0.39 is 0 Å². The van der Waals surface area contributed by atoms with Crippen molar-refractivity contribution < 1.29 is 0 Å². The maximum absolute atomic E-state index is 3.58. The number of nitrogens with zero attached hydrogens (tertiary/aromatic N) is 1. The first kappa shape index (κ1) is 7.56. The summed E-state index contributed by atoms with van der Waals surface area (Å²) in [6.45, 7) is 5.24. The molecular formula is C9H18N2. The molecular weight excluding hydrogens is 136 g/mol. The summed E-state index contributed by atoms with van der Waals surface area (Å²) in [5, 5.41) is 3.58. The molecule has 0 aromatic carbocycles. The second-order valence-corrected chi connectivity index (χ2v) is 3.80. The zero-order valence-electron chi connectivity index (χ0n) is 7.18. The van der Waals surface area contributed by atoms with Crippen molar-refractivity contribution >= 4 is 0 Å². The lowest BCUT2D eigenvalue weighted by Crippen LogP contribution is -2.48. The lowest BCUT2D eigenvalue weighted by molar-refractivity contribution is 0.152. The summed E-state index contributed by atoms with van der Waals surface area (Å²) in [6, 6.07) is 0.809. The monoisotopic (exact) mass is 154 g/mol. The molecule has 0 amide bonds. The summed E-state index contributed by atoms with van der Waals surface area (Å²) in [7, 11) is 0. The summed E-state index contributed by atoms with van der Waals surface area (Å²) in [6.07, 6.45) is 5.64. The summed E-state index contributed by atoms with van der Waals surface area (Å²) in [5.74, 6) is 0. The molecule has 1 unspecified atom stereocenters. The first-order valence-corrected chi connectivity index (χ1v) is 4.91. The first-order valence-electron chi connectivity index (χ1n) is 4.91. The molecule has 2 fully saturated rings. The predicted molar refractivity (Wildman–Crippen MR) is 46.7 cm³/mol. The molecule has 2 heteroatoms. The number of hydrogen-bond acceptors (Lipinski definition) is 2. The van der Waals surface area contributed by atoms with Crippen molar-refractivity contribution in [2.24, 2.45) is 0 Å². The van der Waals surface area contributed by atoms with E-state index in [4.69, 9.17) is 0 Å². The van der Waals surface area contributed by atoms with Gasteiger partial charge in [-0.25, -0.2) is 0 Å². The Balaban J connectivity index is 1.67. The van der Waals surface area contributed by atoms with Crippen molar-refractivity contribution in [1.29, 1.82) is 0 Å². The zero-order valence-corrected chi connectivity index (χ0v) is 7.18. The second-order valence-electron chi connectivity index (χ2n) is 3.80. The van der Waals surface area contributed by atoms with Crippen LogP contribution in [0.5, 0.6) is 0 Å². The Hall–Kier alpha value is -0.0800. The number of rotatable bonds is 2. The van der Waals surface area contributed by atoms with Gasteiger partial charge in [0.25, 0.3) is 0 Å². The van der Waals surface area contributed by atoms with Crippen LogP contribution in [0.15, 0.2) is 0 Å². The fourth-order valence-corrected chi connectivity index (χ4v) is 1.96. The molecule has 0 aliphatic carbocycles. The highest BCUT2D eigenvalue weighted by Crippen LogP contribution is 2.12. The fraction of sp³-hybridized carbons (Fsp3) is 1.00. The van der Waals surface area contributed by atoms with Crippen LogP contribution in [0.4, 0.5) is 0 Å². The Morgan fingerprint density at radius 1 is 1.18 bits per heavy atom. The molecule has 0 aromatic rings. The van der Waals surface area contributed by atoms with E-state index >= 15 is 0 Å².